The third kappa shape index (κ3) is 3.24. The number of fused-ring (bicyclic) bond motifs is 1. The molecule has 0 radical (unpaired) electrons. The summed E-state index contributed by atoms with van der Waals surface area (Å²) in [5.74, 6) is 1.04. The van der Waals surface area contributed by atoms with E-state index in [0.29, 0.717) is 0 Å². The van der Waals surface area contributed by atoms with Crippen LogP contribution in [0.25, 0.3) is 0 Å². The summed E-state index contributed by atoms with van der Waals surface area (Å²) in [5.41, 5.74) is 2.69. The van der Waals surface area contributed by atoms with E-state index in [1.54, 1.807) is 0 Å². The summed E-state index contributed by atoms with van der Waals surface area (Å²) in [4.78, 5) is 2.47. The molecular formula is C18H27NO2. The first-order valence-electron chi connectivity index (χ1n) is 8.03. The van der Waals surface area contributed by atoms with Crippen molar-refractivity contribution in [1.29, 1.82) is 0 Å². The molecule has 2 aliphatic heterocycles. The Balaban J connectivity index is 1.69. The van der Waals surface area contributed by atoms with Crippen LogP contribution < -0.4 is 4.74 Å². The second-order valence-electron chi connectivity index (χ2n) is 7.76. The van der Waals surface area contributed by atoms with Crippen molar-refractivity contribution in [2.45, 2.75) is 52.2 Å². The molecule has 3 rings (SSSR count). The predicted molar refractivity (Wildman–Crippen MR) is 84.6 cm³/mol. The van der Waals surface area contributed by atoms with E-state index < -0.39 is 0 Å². The molecule has 0 saturated carbocycles. The van der Waals surface area contributed by atoms with Crippen LogP contribution >= 0.6 is 0 Å². The minimum Gasteiger partial charge on any atom is -0.487 e. The molecule has 1 aromatic carbocycles. The van der Waals surface area contributed by atoms with Crippen molar-refractivity contribution in [2.24, 2.45) is 5.41 Å². The van der Waals surface area contributed by atoms with Crippen LogP contribution in [0.4, 0.5) is 0 Å². The monoisotopic (exact) mass is 289 g/mol. The Kier molecular flexibility index (Phi) is 3.74. The number of benzene rings is 1. The van der Waals surface area contributed by atoms with Gasteiger partial charge in [-0.25, -0.2) is 0 Å². The number of rotatable bonds is 3. The van der Waals surface area contributed by atoms with Crippen molar-refractivity contribution in [3.63, 3.8) is 0 Å². The topological polar surface area (TPSA) is 32.7 Å². The highest BCUT2D eigenvalue weighted by atomic mass is 16.5. The lowest BCUT2D eigenvalue weighted by molar-refractivity contribution is 0.0429. The zero-order valence-electron chi connectivity index (χ0n) is 13.5. The third-order valence-corrected chi connectivity index (χ3v) is 4.78. The van der Waals surface area contributed by atoms with E-state index in [1.165, 1.54) is 17.5 Å². The molecule has 0 aromatic heterocycles. The molecule has 0 amide bonds. The van der Waals surface area contributed by atoms with Crippen LogP contribution in [0.15, 0.2) is 18.2 Å². The summed E-state index contributed by atoms with van der Waals surface area (Å²) >= 11 is 0. The molecule has 3 nitrogen and oxygen atoms in total. The maximum atomic E-state index is 9.58. The molecule has 116 valence electrons. The molecule has 1 saturated heterocycles. The fourth-order valence-corrected chi connectivity index (χ4v) is 3.71. The molecule has 2 aliphatic rings. The van der Waals surface area contributed by atoms with Gasteiger partial charge in [-0.05, 0) is 50.4 Å². The van der Waals surface area contributed by atoms with Gasteiger partial charge in [0.1, 0.15) is 11.4 Å². The average molecular weight is 289 g/mol. The molecule has 1 aromatic rings. The van der Waals surface area contributed by atoms with Gasteiger partial charge in [-0.1, -0.05) is 19.1 Å². The van der Waals surface area contributed by atoms with Gasteiger partial charge in [0, 0.05) is 31.5 Å². The maximum absolute atomic E-state index is 9.58. The number of likely N-dealkylation sites (tertiary alicyclic amines) is 1. The van der Waals surface area contributed by atoms with Crippen molar-refractivity contribution in [1.82, 2.24) is 4.90 Å². The van der Waals surface area contributed by atoms with Gasteiger partial charge < -0.3 is 9.84 Å². The van der Waals surface area contributed by atoms with E-state index in [4.69, 9.17) is 4.74 Å². The molecule has 0 aliphatic carbocycles. The van der Waals surface area contributed by atoms with Gasteiger partial charge in [-0.3, -0.25) is 4.90 Å². The van der Waals surface area contributed by atoms with E-state index in [2.05, 4.69) is 43.9 Å². The SMILES string of the molecule is CC1(CO)CCCN(Cc2ccc3c(c2)CC(C)(C)O3)C1. The predicted octanol–water partition coefficient (Wildman–Crippen LogP) is 2.99. The minimum atomic E-state index is -0.0679. The molecule has 0 bridgehead atoms. The summed E-state index contributed by atoms with van der Waals surface area (Å²) < 4.78 is 5.94. The molecule has 1 fully saturated rings. The van der Waals surface area contributed by atoms with Crippen LogP contribution in [0.5, 0.6) is 5.75 Å². The molecule has 1 N–H and O–H groups in total. The number of aliphatic hydroxyl groups excluding tert-OH is 1. The Morgan fingerprint density at radius 2 is 2.10 bits per heavy atom. The lowest BCUT2D eigenvalue weighted by atomic mass is 9.82. The fourth-order valence-electron chi connectivity index (χ4n) is 3.71. The minimum absolute atomic E-state index is 0.0679. The van der Waals surface area contributed by atoms with Crippen molar-refractivity contribution >= 4 is 0 Å². The van der Waals surface area contributed by atoms with Gasteiger partial charge in [0.2, 0.25) is 0 Å². The van der Waals surface area contributed by atoms with Crippen LogP contribution in [0.2, 0.25) is 0 Å². The largest absolute Gasteiger partial charge is 0.487 e. The quantitative estimate of drug-likeness (QED) is 0.928. The number of hydrogen-bond donors (Lipinski definition) is 1. The highest BCUT2D eigenvalue weighted by molar-refractivity contribution is 5.41. The van der Waals surface area contributed by atoms with Gasteiger partial charge in [0.15, 0.2) is 0 Å². The van der Waals surface area contributed by atoms with Gasteiger partial charge in [0.05, 0.1) is 0 Å². The molecule has 1 atom stereocenters. The molecule has 3 heteroatoms. The van der Waals surface area contributed by atoms with Crippen LogP contribution in [-0.2, 0) is 13.0 Å². The first-order chi connectivity index (χ1) is 9.89. The van der Waals surface area contributed by atoms with Gasteiger partial charge >= 0.3 is 0 Å². The second-order valence-corrected chi connectivity index (χ2v) is 7.76. The number of nitrogens with zero attached hydrogens (tertiary/aromatic N) is 1. The number of ether oxygens (including phenoxy) is 1. The standard InChI is InChI=1S/C18H27NO2/c1-17(2)10-15-9-14(5-6-16(15)21-17)11-19-8-4-7-18(3,12-19)13-20/h5-6,9,20H,4,7-8,10-13H2,1-3H3. The molecule has 0 spiro atoms. The molecule has 1 unspecified atom stereocenters. The number of aliphatic hydroxyl groups is 1. The number of hydrogen-bond acceptors (Lipinski definition) is 3. The third-order valence-electron chi connectivity index (χ3n) is 4.78. The van der Waals surface area contributed by atoms with E-state index >= 15 is 0 Å². The summed E-state index contributed by atoms with van der Waals surface area (Å²) in [6.45, 7) is 9.86. The van der Waals surface area contributed by atoms with Crippen LogP contribution in [0.3, 0.4) is 0 Å². The van der Waals surface area contributed by atoms with Gasteiger partial charge in [-0.2, -0.15) is 0 Å². The first-order valence-corrected chi connectivity index (χ1v) is 8.03. The normalized spacial score (nSPS) is 28.2. The Morgan fingerprint density at radius 1 is 1.29 bits per heavy atom. The average Bonchev–Trinajstić information content (AvgIpc) is 2.72. The van der Waals surface area contributed by atoms with Gasteiger partial charge in [0.25, 0.3) is 0 Å². The van der Waals surface area contributed by atoms with E-state index in [1.807, 2.05) is 0 Å². The highest BCUT2D eigenvalue weighted by Gasteiger charge is 2.32. The first kappa shape index (κ1) is 14.9. The highest BCUT2D eigenvalue weighted by Crippen LogP contribution is 2.36. The fraction of sp³-hybridized carbons (Fsp3) is 0.667. The second kappa shape index (κ2) is 5.29. The Labute approximate surface area is 127 Å². The van der Waals surface area contributed by atoms with Gasteiger partial charge in [-0.15, -0.1) is 0 Å². The summed E-state index contributed by atoms with van der Waals surface area (Å²) in [6.07, 6.45) is 3.30. The maximum Gasteiger partial charge on any atom is 0.123 e. The van der Waals surface area contributed by atoms with Crippen molar-refractivity contribution in [2.75, 3.05) is 19.7 Å². The van der Waals surface area contributed by atoms with Crippen molar-refractivity contribution in [3.05, 3.63) is 29.3 Å². The smallest absolute Gasteiger partial charge is 0.123 e. The van der Waals surface area contributed by atoms with Crippen LogP contribution in [0, 0.1) is 5.41 Å². The molecule has 2 heterocycles. The van der Waals surface area contributed by atoms with E-state index in [-0.39, 0.29) is 17.6 Å². The summed E-state index contributed by atoms with van der Waals surface area (Å²) in [7, 11) is 0. The van der Waals surface area contributed by atoms with Crippen molar-refractivity contribution < 1.29 is 9.84 Å². The van der Waals surface area contributed by atoms with Crippen molar-refractivity contribution in [3.8, 4) is 5.75 Å². The summed E-state index contributed by atoms with van der Waals surface area (Å²) in [6, 6.07) is 6.61. The Morgan fingerprint density at radius 3 is 2.86 bits per heavy atom. The Bertz CT molecular complexity index is 526. The lowest BCUT2D eigenvalue weighted by Crippen LogP contribution is -2.43. The Hall–Kier alpha value is -1.06. The zero-order chi connectivity index (χ0) is 15.1. The zero-order valence-corrected chi connectivity index (χ0v) is 13.5. The number of piperidine rings is 1. The molecular weight excluding hydrogens is 262 g/mol. The van der Waals surface area contributed by atoms with E-state index in [0.717, 1.165) is 38.2 Å². The van der Waals surface area contributed by atoms with Crippen LogP contribution in [-0.4, -0.2) is 35.3 Å². The lowest BCUT2D eigenvalue weighted by Gasteiger charge is -2.39. The summed E-state index contributed by atoms with van der Waals surface area (Å²) in [5, 5.41) is 9.58. The molecule has 21 heavy (non-hydrogen) atoms. The van der Waals surface area contributed by atoms with Crippen LogP contribution in [0.1, 0.15) is 44.7 Å². The van der Waals surface area contributed by atoms with E-state index in [9.17, 15) is 5.11 Å².